The minimum Gasteiger partial charge on any atom is -0.480 e. The number of nitrogens with two attached hydrogens (primary N) is 1. The van der Waals surface area contributed by atoms with Crippen LogP contribution >= 0.6 is 0 Å². The molecule has 66 valence electrons. The van der Waals surface area contributed by atoms with E-state index in [1.165, 1.54) is 0 Å². The second-order valence-corrected chi connectivity index (χ2v) is 2.22. The van der Waals surface area contributed by atoms with Crippen LogP contribution in [0.3, 0.4) is 0 Å². The smallest absolute Gasteiger partial charge is 0.317 e. The molecule has 0 heterocycles. The van der Waals surface area contributed by atoms with Crippen LogP contribution in [-0.4, -0.2) is 41.9 Å². The summed E-state index contributed by atoms with van der Waals surface area (Å²) in [5, 5.41) is 19.4. The summed E-state index contributed by atoms with van der Waals surface area (Å²) in [7, 11) is 0. The molecule has 5 nitrogen and oxygen atoms in total. The van der Waals surface area contributed by atoms with Gasteiger partial charge in [-0.2, -0.15) is 0 Å². The number of aliphatic carboxylic acids is 1. The fourth-order valence-electron chi connectivity index (χ4n) is 0.691. The molecule has 0 aromatic rings. The number of rotatable bonds is 6. The molecule has 0 saturated carbocycles. The first kappa shape index (κ1) is 10.3. The van der Waals surface area contributed by atoms with Gasteiger partial charge in [0, 0.05) is 19.2 Å². The monoisotopic (exact) mass is 162 g/mol. The number of carboxylic acid groups (broad SMARTS) is 1. The van der Waals surface area contributed by atoms with Crippen LogP contribution in [0.4, 0.5) is 0 Å². The number of aliphatic hydroxyl groups is 1. The van der Waals surface area contributed by atoms with E-state index < -0.39 is 5.97 Å². The highest BCUT2D eigenvalue weighted by atomic mass is 16.4. The van der Waals surface area contributed by atoms with Gasteiger partial charge in [0.25, 0.3) is 0 Å². The van der Waals surface area contributed by atoms with E-state index in [1.54, 1.807) is 0 Å². The zero-order valence-corrected chi connectivity index (χ0v) is 6.29. The van der Waals surface area contributed by atoms with Crippen molar-refractivity contribution >= 4 is 5.97 Å². The summed E-state index contributed by atoms with van der Waals surface area (Å²) in [4.78, 5) is 10.1. The summed E-state index contributed by atoms with van der Waals surface area (Å²) in [6.45, 7) is 0.254. The van der Waals surface area contributed by atoms with Gasteiger partial charge >= 0.3 is 5.97 Å². The number of carbonyl (C=O) groups is 1. The van der Waals surface area contributed by atoms with Gasteiger partial charge in [0.05, 0.1) is 6.54 Å². The van der Waals surface area contributed by atoms with Crippen molar-refractivity contribution in [1.82, 2.24) is 5.32 Å². The number of hydrogen-bond donors (Lipinski definition) is 4. The largest absolute Gasteiger partial charge is 0.480 e. The van der Waals surface area contributed by atoms with Gasteiger partial charge in [-0.1, -0.05) is 0 Å². The maximum atomic E-state index is 10.1. The lowest BCUT2D eigenvalue weighted by Gasteiger charge is -2.12. The topological polar surface area (TPSA) is 95.6 Å². The maximum Gasteiger partial charge on any atom is 0.317 e. The van der Waals surface area contributed by atoms with Crippen molar-refractivity contribution in [2.75, 3.05) is 19.7 Å². The summed E-state index contributed by atoms with van der Waals surface area (Å²) in [6, 6.07) is -0.101. The molecule has 1 unspecified atom stereocenters. The van der Waals surface area contributed by atoms with E-state index in [1.807, 2.05) is 0 Å². The summed E-state index contributed by atoms with van der Waals surface area (Å²) >= 11 is 0. The van der Waals surface area contributed by atoms with Crippen LogP contribution in [0.25, 0.3) is 0 Å². The standard InChI is InChI=1S/C6H14N2O3/c7-3-5(1-2-9)8-4-6(10)11/h5,8-9H,1-4,7H2,(H,10,11). The van der Waals surface area contributed by atoms with Gasteiger partial charge in [-0.05, 0) is 6.42 Å². The second-order valence-electron chi connectivity index (χ2n) is 2.22. The SMILES string of the molecule is NCC(CCO)NCC(=O)O. The molecule has 0 aliphatic rings. The Bertz CT molecular complexity index is 118. The van der Waals surface area contributed by atoms with E-state index in [9.17, 15) is 4.79 Å². The van der Waals surface area contributed by atoms with Crippen LogP contribution in [0, 0.1) is 0 Å². The van der Waals surface area contributed by atoms with Gasteiger partial charge in [-0.25, -0.2) is 0 Å². The van der Waals surface area contributed by atoms with E-state index in [0.29, 0.717) is 13.0 Å². The van der Waals surface area contributed by atoms with Crippen molar-refractivity contribution in [3.63, 3.8) is 0 Å². The molecular formula is C6H14N2O3. The molecular weight excluding hydrogens is 148 g/mol. The lowest BCUT2D eigenvalue weighted by Crippen LogP contribution is -2.39. The molecule has 0 rings (SSSR count). The van der Waals surface area contributed by atoms with Gasteiger partial charge in [0.15, 0.2) is 0 Å². The van der Waals surface area contributed by atoms with Crippen molar-refractivity contribution < 1.29 is 15.0 Å². The van der Waals surface area contributed by atoms with Crippen LogP contribution < -0.4 is 11.1 Å². The highest BCUT2D eigenvalue weighted by Gasteiger charge is 2.05. The Hall–Kier alpha value is -0.650. The average Bonchev–Trinajstić information content (AvgIpc) is 1.97. The third-order valence-corrected chi connectivity index (χ3v) is 1.30. The lowest BCUT2D eigenvalue weighted by molar-refractivity contribution is -0.136. The Labute approximate surface area is 65.2 Å². The predicted molar refractivity (Wildman–Crippen MR) is 40.2 cm³/mol. The number of aliphatic hydroxyl groups excluding tert-OH is 1. The molecule has 0 aliphatic heterocycles. The van der Waals surface area contributed by atoms with Gasteiger partial charge in [0.1, 0.15) is 0 Å². The molecule has 5 N–H and O–H groups in total. The van der Waals surface area contributed by atoms with E-state index in [0.717, 1.165) is 0 Å². The second kappa shape index (κ2) is 6.09. The quantitative estimate of drug-likeness (QED) is 0.376. The normalized spacial score (nSPS) is 12.9. The van der Waals surface area contributed by atoms with E-state index >= 15 is 0 Å². The first-order chi connectivity index (χ1) is 5.20. The molecule has 0 bridgehead atoms. The van der Waals surface area contributed by atoms with Crippen molar-refractivity contribution in [3.05, 3.63) is 0 Å². The Morgan fingerprint density at radius 1 is 1.64 bits per heavy atom. The van der Waals surface area contributed by atoms with Crippen molar-refractivity contribution in [2.45, 2.75) is 12.5 Å². The highest BCUT2D eigenvalue weighted by Crippen LogP contribution is 1.86. The van der Waals surface area contributed by atoms with E-state index in [4.69, 9.17) is 15.9 Å². The Morgan fingerprint density at radius 2 is 2.27 bits per heavy atom. The van der Waals surface area contributed by atoms with Crippen LogP contribution in [0.1, 0.15) is 6.42 Å². The number of hydrogen-bond acceptors (Lipinski definition) is 4. The molecule has 0 amide bonds. The fraction of sp³-hybridized carbons (Fsp3) is 0.833. The molecule has 0 saturated heterocycles. The van der Waals surface area contributed by atoms with E-state index in [2.05, 4.69) is 5.32 Å². The number of nitrogens with one attached hydrogen (secondary N) is 1. The number of carboxylic acids is 1. The summed E-state index contributed by atoms with van der Waals surface area (Å²) in [5.41, 5.74) is 5.28. The summed E-state index contributed by atoms with van der Waals surface area (Å²) in [5.74, 6) is -0.915. The first-order valence-electron chi connectivity index (χ1n) is 3.46. The molecule has 1 atom stereocenters. The first-order valence-corrected chi connectivity index (χ1v) is 3.46. The zero-order chi connectivity index (χ0) is 8.69. The van der Waals surface area contributed by atoms with Crippen LogP contribution in [-0.2, 0) is 4.79 Å². The van der Waals surface area contributed by atoms with Gasteiger partial charge in [0.2, 0.25) is 0 Å². The van der Waals surface area contributed by atoms with Gasteiger partial charge in [-0.3, -0.25) is 4.79 Å². The van der Waals surface area contributed by atoms with Gasteiger partial charge in [-0.15, -0.1) is 0 Å². The fourth-order valence-corrected chi connectivity index (χ4v) is 0.691. The van der Waals surface area contributed by atoms with Crippen LogP contribution in [0.5, 0.6) is 0 Å². The lowest BCUT2D eigenvalue weighted by atomic mass is 10.2. The zero-order valence-electron chi connectivity index (χ0n) is 6.29. The van der Waals surface area contributed by atoms with Crippen molar-refractivity contribution in [1.29, 1.82) is 0 Å². The van der Waals surface area contributed by atoms with Crippen LogP contribution in [0.15, 0.2) is 0 Å². The molecule has 0 radical (unpaired) electrons. The van der Waals surface area contributed by atoms with E-state index in [-0.39, 0.29) is 19.2 Å². The molecule has 0 aromatic carbocycles. The third-order valence-electron chi connectivity index (χ3n) is 1.30. The van der Waals surface area contributed by atoms with Crippen molar-refractivity contribution in [2.24, 2.45) is 5.73 Å². The Balaban J connectivity index is 3.43. The Kier molecular flexibility index (Phi) is 5.73. The van der Waals surface area contributed by atoms with Crippen LogP contribution in [0.2, 0.25) is 0 Å². The summed E-state index contributed by atoms with van der Waals surface area (Å²) < 4.78 is 0. The molecule has 0 aromatic heterocycles. The minimum absolute atomic E-state index is 0.0223. The van der Waals surface area contributed by atoms with Crippen molar-refractivity contribution in [3.8, 4) is 0 Å². The maximum absolute atomic E-state index is 10.1. The molecule has 5 heteroatoms. The third kappa shape index (κ3) is 5.78. The average molecular weight is 162 g/mol. The molecule has 0 spiro atoms. The molecule has 0 fully saturated rings. The minimum atomic E-state index is -0.915. The predicted octanol–water partition coefficient (Wildman–Crippen LogP) is -1.63. The van der Waals surface area contributed by atoms with Gasteiger partial charge < -0.3 is 21.3 Å². The molecule has 0 aliphatic carbocycles. The molecule has 11 heavy (non-hydrogen) atoms. The summed E-state index contributed by atoms with van der Waals surface area (Å²) in [6.07, 6.45) is 0.490. The Morgan fingerprint density at radius 3 is 2.64 bits per heavy atom. The highest BCUT2D eigenvalue weighted by molar-refractivity contribution is 5.69.